The van der Waals surface area contributed by atoms with Gasteiger partial charge in [0.05, 0.1) is 12.2 Å². The lowest BCUT2D eigenvalue weighted by molar-refractivity contribution is -0.0822. The van der Waals surface area contributed by atoms with E-state index in [1.54, 1.807) is 6.92 Å². The summed E-state index contributed by atoms with van der Waals surface area (Å²) in [6.45, 7) is 1.87. The summed E-state index contributed by atoms with van der Waals surface area (Å²) in [5, 5.41) is 0. The molecule has 2 heterocycles. The van der Waals surface area contributed by atoms with Gasteiger partial charge in [-0.1, -0.05) is 91.0 Å². The highest BCUT2D eigenvalue weighted by molar-refractivity contribution is 5.47. The molecule has 1 unspecified atom stereocenters. The first-order valence-corrected chi connectivity index (χ1v) is 12.0. The molecule has 1 fully saturated rings. The SMILES string of the molecule is Cc1cn([C@H]2CC(OC(c3ccccc3)(c3ccccc3)c3ccccc3)[C@@H](CN)O2)c(=O)[nH]c1=O. The van der Waals surface area contributed by atoms with Gasteiger partial charge in [-0.2, -0.15) is 0 Å². The van der Waals surface area contributed by atoms with Gasteiger partial charge in [0.1, 0.15) is 11.8 Å². The van der Waals surface area contributed by atoms with Gasteiger partial charge in [-0.25, -0.2) is 4.79 Å². The van der Waals surface area contributed by atoms with E-state index < -0.39 is 35.3 Å². The summed E-state index contributed by atoms with van der Waals surface area (Å²) in [4.78, 5) is 26.8. The predicted octanol–water partition coefficient (Wildman–Crippen LogP) is 3.47. The molecular formula is C29H29N3O4. The molecule has 3 atom stereocenters. The van der Waals surface area contributed by atoms with Crippen LogP contribution in [0.25, 0.3) is 0 Å². The lowest BCUT2D eigenvalue weighted by Crippen LogP contribution is -2.41. The number of aromatic amines is 1. The number of hydrogen-bond donors (Lipinski definition) is 2. The summed E-state index contributed by atoms with van der Waals surface area (Å²) in [6, 6.07) is 30.3. The van der Waals surface area contributed by atoms with Gasteiger partial charge >= 0.3 is 5.69 Å². The van der Waals surface area contributed by atoms with Crippen LogP contribution in [0, 0.1) is 6.92 Å². The number of aromatic nitrogens is 2. The Morgan fingerprint density at radius 2 is 1.42 bits per heavy atom. The second kappa shape index (κ2) is 10.1. The predicted molar refractivity (Wildman–Crippen MR) is 138 cm³/mol. The Balaban J connectivity index is 1.62. The van der Waals surface area contributed by atoms with Crippen LogP contribution in [0.15, 0.2) is 107 Å². The van der Waals surface area contributed by atoms with Gasteiger partial charge in [0, 0.05) is 24.7 Å². The van der Waals surface area contributed by atoms with Crippen molar-refractivity contribution < 1.29 is 9.47 Å². The van der Waals surface area contributed by atoms with Gasteiger partial charge in [0.15, 0.2) is 0 Å². The zero-order valence-corrected chi connectivity index (χ0v) is 20.0. The van der Waals surface area contributed by atoms with Crippen molar-refractivity contribution in [2.24, 2.45) is 5.73 Å². The zero-order valence-electron chi connectivity index (χ0n) is 20.0. The smallest absolute Gasteiger partial charge is 0.330 e. The molecule has 3 aromatic carbocycles. The number of nitrogens with zero attached hydrogens (tertiary/aromatic N) is 1. The van der Waals surface area contributed by atoms with Crippen LogP contribution in [-0.2, 0) is 15.1 Å². The minimum atomic E-state index is -0.938. The summed E-state index contributed by atoms with van der Waals surface area (Å²) in [5.74, 6) is 0. The maximum Gasteiger partial charge on any atom is 0.330 e. The Kier molecular flexibility index (Phi) is 6.69. The maximum atomic E-state index is 12.6. The molecule has 7 heteroatoms. The number of hydrogen-bond acceptors (Lipinski definition) is 5. The average molecular weight is 484 g/mol. The Morgan fingerprint density at radius 1 is 0.917 bits per heavy atom. The monoisotopic (exact) mass is 483 g/mol. The second-order valence-electron chi connectivity index (χ2n) is 9.01. The van der Waals surface area contributed by atoms with Crippen LogP contribution in [0.1, 0.15) is 34.9 Å². The highest BCUT2D eigenvalue weighted by Gasteiger charge is 2.45. The molecule has 184 valence electrons. The molecule has 0 amide bonds. The van der Waals surface area contributed by atoms with E-state index in [4.69, 9.17) is 15.2 Å². The van der Waals surface area contributed by atoms with E-state index in [0.29, 0.717) is 12.0 Å². The molecule has 0 spiro atoms. The molecule has 4 aromatic rings. The van der Waals surface area contributed by atoms with E-state index in [-0.39, 0.29) is 6.54 Å². The minimum absolute atomic E-state index is 0.215. The summed E-state index contributed by atoms with van der Waals surface area (Å²) in [6.07, 6.45) is 0.415. The van der Waals surface area contributed by atoms with Crippen molar-refractivity contribution in [3.05, 3.63) is 140 Å². The highest BCUT2D eigenvalue weighted by atomic mass is 16.6. The van der Waals surface area contributed by atoms with Crippen molar-refractivity contribution in [1.29, 1.82) is 0 Å². The van der Waals surface area contributed by atoms with Crippen molar-refractivity contribution in [1.82, 2.24) is 9.55 Å². The minimum Gasteiger partial charge on any atom is -0.355 e. The van der Waals surface area contributed by atoms with Crippen LogP contribution in [0.5, 0.6) is 0 Å². The summed E-state index contributed by atoms with van der Waals surface area (Å²) in [7, 11) is 0. The summed E-state index contributed by atoms with van der Waals surface area (Å²) < 4.78 is 14.8. The van der Waals surface area contributed by atoms with Gasteiger partial charge in [0.25, 0.3) is 5.56 Å². The maximum absolute atomic E-state index is 12.6. The lowest BCUT2D eigenvalue weighted by atomic mass is 9.79. The van der Waals surface area contributed by atoms with Crippen molar-refractivity contribution in [3.8, 4) is 0 Å². The molecular weight excluding hydrogens is 454 g/mol. The fourth-order valence-corrected chi connectivity index (χ4v) is 4.96. The lowest BCUT2D eigenvalue weighted by Gasteiger charge is -2.39. The fourth-order valence-electron chi connectivity index (χ4n) is 4.96. The molecule has 36 heavy (non-hydrogen) atoms. The topological polar surface area (TPSA) is 99.3 Å². The third-order valence-electron chi connectivity index (χ3n) is 6.74. The number of ether oxygens (including phenoxy) is 2. The third kappa shape index (κ3) is 4.33. The number of H-pyrrole nitrogens is 1. The van der Waals surface area contributed by atoms with E-state index in [9.17, 15) is 9.59 Å². The molecule has 3 N–H and O–H groups in total. The molecule has 5 rings (SSSR count). The Hall–Kier alpha value is -3.78. The Bertz CT molecular complexity index is 1320. The van der Waals surface area contributed by atoms with Crippen molar-refractivity contribution in [2.45, 2.75) is 37.4 Å². The van der Waals surface area contributed by atoms with Crippen LogP contribution in [0.3, 0.4) is 0 Å². The molecule has 1 aromatic heterocycles. The number of aryl methyl sites for hydroxylation is 1. The first-order chi connectivity index (χ1) is 17.5. The van der Waals surface area contributed by atoms with Crippen LogP contribution >= 0.6 is 0 Å². The number of nitrogens with two attached hydrogens (primary N) is 1. The van der Waals surface area contributed by atoms with Crippen LogP contribution in [-0.4, -0.2) is 28.3 Å². The van der Waals surface area contributed by atoms with E-state index in [1.807, 2.05) is 54.6 Å². The number of benzene rings is 3. The highest BCUT2D eigenvalue weighted by Crippen LogP contribution is 2.44. The van der Waals surface area contributed by atoms with Gasteiger partial charge in [-0.15, -0.1) is 0 Å². The molecule has 0 bridgehead atoms. The normalized spacial score (nSPS) is 19.9. The zero-order chi connectivity index (χ0) is 25.1. The van der Waals surface area contributed by atoms with Gasteiger partial charge in [0.2, 0.25) is 0 Å². The average Bonchev–Trinajstić information content (AvgIpc) is 3.33. The molecule has 7 nitrogen and oxygen atoms in total. The summed E-state index contributed by atoms with van der Waals surface area (Å²) >= 11 is 0. The number of rotatable bonds is 7. The van der Waals surface area contributed by atoms with E-state index in [2.05, 4.69) is 41.4 Å². The standard InChI is InChI=1S/C29H29N3O4/c1-20-19-32(28(34)31-27(20)33)26-17-24(25(18-30)35-26)36-29(21-11-5-2-6-12-21,22-13-7-3-8-14-22)23-15-9-4-10-16-23/h2-16,19,24-26H,17-18,30H2,1H3,(H,31,33,34)/t24?,25-,26-/m1/s1. The largest absolute Gasteiger partial charge is 0.355 e. The molecule has 0 aliphatic carbocycles. The fraction of sp³-hybridized carbons (Fsp3) is 0.241. The second-order valence-corrected chi connectivity index (χ2v) is 9.01. The molecule has 1 aliphatic rings. The van der Waals surface area contributed by atoms with Crippen molar-refractivity contribution >= 4 is 0 Å². The van der Waals surface area contributed by atoms with Crippen LogP contribution in [0.2, 0.25) is 0 Å². The van der Waals surface area contributed by atoms with Gasteiger partial charge in [-0.3, -0.25) is 14.3 Å². The molecule has 1 aliphatic heterocycles. The van der Waals surface area contributed by atoms with E-state index in [1.165, 1.54) is 10.8 Å². The van der Waals surface area contributed by atoms with Gasteiger partial charge < -0.3 is 15.2 Å². The van der Waals surface area contributed by atoms with Crippen LogP contribution < -0.4 is 17.0 Å². The van der Waals surface area contributed by atoms with E-state index in [0.717, 1.165) is 16.7 Å². The quantitative estimate of drug-likeness (QED) is 0.392. The first kappa shape index (κ1) is 23.9. The Morgan fingerprint density at radius 3 is 1.89 bits per heavy atom. The molecule has 0 radical (unpaired) electrons. The molecule has 0 saturated carbocycles. The van der Waals surface area contributed by atoms with Crippen molar-refractivity contribution in [3.63, 3.8) is 0 Å². The first-order valence-electron chi connectivity index (χ1n) is 12.0. The summed E-state index contributed by atoms with van der Waals surface area (Å²) in [5.41, 5.74) is 7.62. The Labute approximate surface area is 209 Å². The third-order valence-corrected chi connectivity index (χ3v) is 6.74. The van der Waals surface area contributed by atoms with E-state index >= 15 is 0 Å². The van der Waals surface area contributed by atoms with Crippen molar-refractivity contribution in [2.75, 3.05) is 6.54 Å². The number of nitrogens with one attached hydrogen (secondary N) is 1. The molecule has 1 saturated heterocycles. The van der Waals surface area contributed by atoms with Crippen LogP contribution in [0.4, 0.5) is 0 Å². The van der Waals surface area contributed by atoms with Gasteiger partial charge in [-0.05, 0) is 23.6 Å².